The first-order chi connectivity index (χ1) is 7.88. The van der Waals surface area contributed by atoms with Crippen molar-refractivity contribution in [2.24, 2.45) is 0 Å². The third-order valence-electron chi connectivity index (χ3n) is 3.30. The molecule has 1 aromatic carbocycles. The molecule has 0 aromatic heterocycles. The van der Waals surface area contributed by atoms with Crippen LogP contribution in [0, 0.1) is 0 Å². The first-order valence-electron chi connectivity index (χ1n) is 6.49. The summed E-state index contributed by atoms with van der Waals surface area (Å²) in [5, 5.41) is 0. The van der Waals surface area contributed by atoms with E-state index in [4.69, 9.17) is 5.73 Å². The summed E-state index contributed by atoms with van der Waals surface area (Å²) >= 11 is 0. The number of nitrogen functional groups attached to an aromatic ring is 1. The van der Waals surface area contributed by atoms with Crippen LogP contribution in [0.2, 0.25) is 0 Å². The van der Waals surface area contributed by atoms with Gasteiger partial charge in [0.05, 0.1) is 0 Å². The van der Waals surface area contributed by atoms with Gasteiger partial charge >= 0.3 is 0 Å². The number of rotatable bonds is 4. The van der Waals surface area contributed by atoms with Crippen LogP contribution in [0.1, 0.15) is 45.7 Å². The molecule has 0 aliphatic rings. The molecular formula is C15H26N2. The van der Waals surface area contributed by atoms with Gasteiger partial charge in [0, 0.05) is 12.2 Å². The average molecular weight is 234 g/mol. The molecule has 1 rings (SSSR count). The van der Waals surface area contributed by atoms with E-state index in [0.29, 0.717) is 0 Å². The molecule has 2 nitrogen and oxygen atoms in total. The molecule has 0 atom stereocenters. The first kappa shape index (κ1) is 14.0. The number of nitrogens with zero attached hydrogens (tertiary/aromatic N) is 1. The quantitative estimate of drug-likeness (QED) is 0.809. The summed E-state index contributed by atoms with van der Waals surface area (Å²) in [4.78, 5) is 2.38. The largest absolute Gasteiger partial charge is 0.398 e. The predicted molar refractivity (Wildman–Crippen MR) is 76.2 cm³/mol. The van der Waals surface area contributed by atoms with Gasteiger partial charge in [0.25, 0.3) is 0 Å². The fourth-order valence-electron chi connectivity index (χ4n) is 1.89. The van der Waals surface area contributed by atoms with Crippen LogP contribution in [0.5, 0.6) is 0 Å². The van der Waals surface area contributed by atoms with Gasteiger partial charge in [-0.2, -0.15) is 0 Å². The summed E-state index contributed by atoms with van der Waals surface area (Å²) in [5.41, 5.74) is 9.78. The van der Waals surface area contributed by atoms with E-state index in [1.54, 1.807) is 0 Å². The Bertz CT molecular complexity index is 360. The molecule has 0 saturated heterocycles. The SMILES string of the molecule is CCN(CC)Cc1ccc(C(C)(C)C)cc1N. The van der Waals surface area contributed by atoms with E-state index in [1.807, 2.05) is 0 Å². The molecule has 0 aliphatic heterocycles. The maximum Gasteiger partial charge on any atom is 0.0362 e. The molecule has 96 valence electrons. The van der Waals surface area contributed by atoms with Crippen molar-refractivity contribution in [1.82, 2.24) is 4.90 Å². The maximum atomic E-state index is 6.15. The molecule has 2 heteroatoms. The van der Waals surface area contributed by atoms with Crippen molar-refractivity contribution >= 4 is 5.69 Å². The molecule has 2 N–H and O–H groups in total. The van der Waals surface area contributed by atoms with Crippen LogP contribution >= 0.6 is 0 Å². The molecule has 0 radical (unpaired) electrons. The fourth-order valence-corrected chi connectivity index (χ4v) is 1.89. The molecule has 0 fully saturated rings. The lowest BCUT2D eigenvalue weighted by Crippen LogP contribution is -2.23. The maximum absolute atomic E-state index is 6.15. The molecule has 0 saturated carbocycles. The van der Waals surface area contributed by atoms with Crippen LogP contribution in [0.4, 0.5) is 5.69 Å². The van der Waals surface area contributed by atoms with Gasteiger partial charge in [-0.1, -0.05) is 46.8 Å². The Balaban J connectivity index is 2.90. The molecule has 0 heterocycles. The van der Waals surface area contributed by atoms with Crippen LogP contribution < -0.4 is 5.73 Å². The standard InChI is InChI=1S/C15H26N2/c1-6-17(7-2)11-12-8-9-13(10-14(12)16)15(3,4)5/h8-10H,6-7,11,16H2,1-5H3. The second kappa shape index (κ2) is 5.54. The van der Waals surface area contributed by atoms with Crippen molar-refractivity contribution in [3.63, 3.8) is 0 Å². The van der Waals surface area contributed by atoms with Crippen LogP contribution in [-0.2, 0) is 12.0 Å². The summed E-state index contributed by atoms with van der Waals surface area (Å²) in [7, 11) is 0. The van der Waals surface area contributed by atoms with Crippen LogP contribution in [0.25, 0.3) is 0 Å². The normalized spacial score (nSPS) is 12.1. The second-order valence-corrected chi connectivity index (χ2v) is 5.62. The van der Waals surface area contributed by atoms with E-state index < -0.39 is 0 Å². The van der Waals surface area contributed by atoms with Crippen LogP contribution in [-0.4, -0.2) is 18.0 Å². The van der Waals surface area contributed by atoms with E-state index in [2.05, 4.69) is 57.7 Å². The van der Waals surface area contributed by atoms with Crippen molar-refractivity contribution < 1.29 is 0 Å². The van der Waals surface area contributed by atoms with Gasteiger partial charge in [0.2, 0.25) is 0 Å². The lowest BCUT2D eigenvalue weighted by Gasteiger charge is -2.23. The van der Waals surface area contributed by atoms with Crippen LogP contribution in [0.3, 0.4) is 0 Å². The van der Waals surface area contributed by atoms with E-state index in [1.165, 1.54) is 11.1 Å². The van der Waals surface area contributed by atoms with Crippen molar-refractivity contribution in [1.29, 1.82) is 0 Å². The Labute approximate surface area is 106 Å². The Kier molecular flexibility index (Phi) is 4.58. The minimum Gasteiger partial charge on any atom is -0.398 e. The van der Waals surface area contributed by atoms with Crippen molar-refractivity contribution in [2.45, 2.75) is 46.6 Å². The minimum atomic E-state index is 0.169. The minimum absolute atomic E-state index is 0.169. The predicted octanol–water partition coefficient (Wildman–Crippen LogP) is 3.41. The summed E-state index contributed by atoms with van der Waals surface area (Å²) in [6, 6.07) is 6.50. The lowest BCUT2D eigenvalue weighted by atomic mass is 9.86. The smallest absolute Gasteiger partial charge is 0.0362 e. The van der Waals surface area contributed by atoms with Crippen molar-refractivity contribution in [3.05, 3.63) is 29.3 Å². The Hall–Kier alpha value is -1.02. The summed E-state index contributed by atoms with van der Waals surface area (Å²) in [6.07, 6.45) is 0. The zero-order valence-corrected chi connectivity index (χ0v) is 11.9. The van der Waals surface area contributed by atoms with Gasteiger partial charge in [0.15, 0.2) is 0 Å². The summed E-state index contributed by atoms with van der Waals surface area (Å²) < 4.78 is 0. The van der Waals surface area contributed by atoms with E-state index in [9.17, 15) is 0 Å². The lowest BCUT2D eigenvalue weighted by molar-refractivity contribution is 0.296. The monoisotopic (exact) mass is 234 g/mol. The van der Waals surface area contributed by atoms with E-state index in [0.717, 1.165) is 25.3 Å². The van der Waals surface area contributed by atoms with Crippen molar-refractivity contribution in [2.75, 3.05) is 18.8 Å². The topological polar surface area (TPSA) is 29.3 Å². The van der Waals surface area contributed by atoms with Gasteiger partial charge in [-0.05, 0) is 35.7 Å². The molecule has 0 bridgehead atoms. The highest BCUT2D eigenvalue weighted by Crippen LogP contribution is 2.26. The third kappa shape index (κ3) is 3.74. The number of benzene rings is 1. The van der Waals surface area contributed by atoms with E-state index >= 15 is 0 Å². The zero-order chi connectivity index (χ0) is 13.1. The number of nitrogens with two attached hydrogens (primary N) is 1. The molecule has 0 amide bonds. The molecule has 0 spiro atoms. The average Bonchev–Trinajstić information content (AvgIpc) is 2.26. The summed E-state index contributed by atoms with van der Waals surface area (Å²) in [6.45, 7) is 14.1. The first-order valence-corrected chi connectivity index (χ1v) is 6.49. The molecule has 0 unspecified atom stereocenters. The van der Waals surface area contributed by atoms with Gasteiger partial charge in [-0.3, -0.25) is 4.90 Å². The number of hydrogen-bond donors (Lipinski definition) is 1. The van der Waals surface area contributed by atoms with E-state index in [-0.39, 0.29) is 5.41 Å². The molecule has 0 aliphatic carbocycles. The van der Waals surface area contributed by atoms with Crippen LogP contribution in [0.15, 0.2) is 18.2 Å². The van der Waals surface area contributed by atoms with Crippen molar-refractivity contribution in [3.8, 4) is 0 Å². The molecule has 17 heavy (non-hydrogen) atoms. The number of hydrogen-bond acceptors (Lipinski definition) is 2. The Morgan fingerprint density at radius 2 is 1.71 bits per heavy atom. The second-order valence-electron chi connectivity index (χ2n) is 5.62. The highest BCUT2D eigenvalue weighted by molar-refractivity contribution is 5.50. The molecule has 1 aromatic rings. The van der Waals surface area contributed by atoms with Gasteiger partial charge in [-0.15, -0.1) is 0 Å². The zero-order valence-electron chi connectivity index (χ0n) is 11.9. The number of anilines is 1. The summed E-state index contributed by atoms with van der Waals surface area (Å²) in [5.74, 6) is 0. The fraction of sp³-hybridized carbons (Fsp3) is 0.600. The van der Waals surface area contributed by atoms with Gasteiger partial charge in [0.1, 0.15) is 0 Å². The highest BCUT2D eigenvalue weighted by atomic mass is 15.1. The Morgan fingerprint density at radius 1 is 1.12 bits per heavy atom. The molecular weight excluding hydrogens is 208 g/mol. The van der Waals surface area contributed by atoms with Gasteiger partial charge in [-0.25, -0.2) is 0 Å². The Morgan fingerprint density at radius 3 is 2.12 bits per heavy atom. The van der Waals surface area contributed by atoms with Gasteiger partial charge < -0.3 is 5.73 Å². The highest BCUT2D eigenvalue weighted by Gasteiger charge is 2.15. The third-order valence-corrected chi connectivity index (χ3v) is 3.30.